The molecule has 0 heterocycles. The van der Waals surface area contributed by atoms with Crippen LogP contribution in [-0.2, 0) is 9.53 Å². The molecule has 0 saturated carbocycles. The van der Waals surface area contributed by atoms with Crippen molar-refractivity contribution in [3.05, 3.63) is 12.2 Å². The topological polar surface area (TPSA) is 26.3 Å². The first-order valence-corrected chi connectivity index (χ1v) is 4.12. The van der Waals surface area contributed by atoms with Gasteiger partial charge in [0.1, 0.15) is 6.10 Å². The second-order valence-electron chi connectivity index (χ2n) is 2.88. The zero-order valence-corrected chi connectivity index (χ0v) is 6.82. The Bertz CT molecular complexity index is 152. The molecule has 0 N–H and O–H groups in total. The van der Waals surface area contributed by atoms with Gasteiger partial charge in [0.2, 0.25) is 0 Å². The highest BCUT2D eigenvalue weighted by atomic mass is 16.5. The van der Waals surface area contributed by atoms with Crippen molar-refractivity contribution in [3.63, 3.8) is 0 Å². The van der Waals surface area contributed by atoms with Crippen LogP contribution < -0.4 is 0 Å². The molecule has 0 amide bonds. The number of ether oxygens (including phenoxy) is 1. The molecule has 2 unspecified atom stereocenters. The summed E-state index contributed by atoms with van der Waals surface area (Å²) in [5.74, 6) is 0.533. The average molecular weight is 154 g/mol. The van der Waals surface area contributed by atoms with Gasteiger partial charge in [-0.1, -0.05) is 19.1 Å². The minimum Gasteiger partial charge on any atom is -0.464 e. The Balaban J connectivity index is 2.46. The molecule has 0 aromatic carbocycles. The molecular formula is C9H14O2. The number of rotatable bonds is 3. The van der Waals surface area contributed by atoms with Crippen molar-refractivity contribution in [2.75, 3.05) is 0 Å². The van der Waals surface area contributed by atoms with Crippen molar-refractivity contribution in [1.82, 2.24) is 0 Å². The number of allylic oxidation sites excluding steroid dienone is 1. The van der Waals surface area contributed by atoms with E-state index >= 15 is 0 Å². The summed E-state index contributed by atoms with van der Waals surface area (Å²) in [6.07, 6.45) is 7.40. The number of carbonyl (C=O) groups is 1. The molecule has 11 heavy (non-hydrogen) atoms. The van der Waals surface area contributed by atoms with E-state index in [2.05, 4.69) is 19.1 Å². The molecule has 62 valence electrons. The third-order valence-corrected chi connectivity index (χ3v) is 2.25. The second kappa shape index (κ2) is 4.16. The molecule has 0 spiro atoms. The van der Waals surface area contributed by atoms with E-state index in [0.717, 1.165) is 19.3 Å². The van der Waals surface area contributed by atoms with Gasteiger partial charge >= 0.3 is 0 Å². The van der Waals surface area contributed by atoms with Crippen LogP contribution in [0, 0.1) is 5.92 Å². The largest absolute Gasteiger partial charge is 0.464 e. The summed E-state index contributed by atoms with van der Waals surface area (Å²) < 4.78 is 4.95. The molecule has 1 aliphatic rings. The van der Waals surface area contributed by atoms with Crippen molar-refractivity contribution in [1.29, 1.82) is 0 Å². The van der Waals surface area contributed by atoms with Gasteiger partial charge in [-0.05, 0) is 18.8 Å². The quantitative estimate of drug-likeness (QED) is 0.458. The molecule has 0 aromatic heterocycles. The molecular weight excluding hydrogens is 140 g/mol. The number of carbonyl (C=O) groups excluding carboxylic acids is 1. The van der Waals surface area contributed by atoms with Gasteiger partial charge in [0.25, 0.3) is 6.47 Å². The third kappa shape index (κ3) is 2.07. The Morgan fingerprint density at radius 3 is 2.91 bits per heavy atom. The lowest BCUT2D eigenvalue weighted by atomic mass is 9.89. The van der Waals surface area contributed by atoms with Gasteiger partial charge in [-0.15, -0.1) is 0 Å². The van der Waals surface area contributed by atoms with Crippen LogP contribution in [0.1, 0.15) is 26.2 Å². The van der Waals surface area contributed by atoms with E-state index in [1.807, 2.05) is 0 Å². The lowest BCUT2D eigenvalue weighted by Crippen LogP contribution is -2.24. The van der Waals surface area contributed by atoms with Crippen LogP contribution in [0.4, 0.5) is 0 Å². The molecule has 1 aliphatic carbocycles. The molecule has 0 bridgehead atoms. The Labute approximate surface area is 67.2 Å². The van der Waals surface area contributed by atoms with Crippen LogP contribution in [0.15, 0.2) is 12.2 Å². The van der Waals surface area contributed by atoms with Gasteiger partial charge in [-0.2, -0.15) is 0 Å². The standard InChI is InChI=1S/C9H14O2/c1-2-8-5-3-4-6-9(8)11-7-10/h3-4,7-9H,2,5-6H2,1H3. The van der Waals surface area contributed by atoms with Gasteiger partial charge in [-0.25, -0.2) is 0 Å². The summed E-state index contributed by atoms with van der Waals surface area (Å²) in [5, 5.41) is 0. The summed E-state index contributed by atoms with van der Waals surface area (Å²) >= 11 is 0. The third-order valence-electron chi connectivity index (χ3n) is 2.25. The molecule has 0 saturated heterocycles. The van der Waals surface area contributed by atoms with Crippen LogP contribution in [0.2, 0.25) is 0 Å². The molecule has 2 atom stereocenters. The van der Waals surface area contributed by atoms with Crippen LogP contribution in [0.3, 0.4) is 0 Å². The van der Waals surface area contributed by atoms with Gasteiger partial charge in [-0.3, -0.25) is 4.79 Å². The van der Waals surface area contributed by atoms with Crippen LogP contribution in [-0.4, -0.2) is 12.6 Å². The van der Waals surface area contributed by atoms with Crippen molar-refractivity contribution < 1.29 is 9.53 Å². The highest BCUT2D eigenvalue weighted by molar-refractivity contribution is 5.37. The van der Waals surface area contributed by atoms with Crippen molar-refractivity contribution >= 4 is 6.47 Å². The first-order chi connectivity index (χ1) is 5.38. The van der Waals surface area contributed by atoms with E-state index in [1.54, 1.807) is 0 Å². The van der Waals surface area contributed by atoms with Gasteiger partial charge < -0.3 is 4.74 Å². The normalized spacial score (nSPS) is 29.9. The summed E-state index contributed by atoms with van der Waals surface area (Å²) in [4.78, 5) is 10.1. The van der Waals surface area contributed by atoms with Crippen molar-refractivity contribution in [3.8, 4) is 0 Å². The zero-order valence-electron chi connectivity index (χ0n) is 6.82. The Morgan fingerprint density at radius 2 is 2.27 bits per heavy atom. The molecule has 0 aromatic rings. The second-order valence-corrected chi connectivity index (χ2v) is 2.88. The van der Waals surface area contributed by atoms with E-state index in [0.29, 0.717) is 12.4 Å². The van der Waals surface area contributed by atoms with Crippen LogP contribution in [0.25, 0.3) is 0 Å². The Hall–Kier alpha value is -0.790. The molecule has 2 heteroatoms. The van der Waals surface area contributed by atoms with Gasteiger partial charge in [0.05, 0.1) is 0 Å². The minimum atomic E-state index is 0.127. The molecule has 0 aliphatic heterocycles. The maximum absolute atomic E-state index is 10.1. The van der Waals surface area contributed by atoms with Crippen molar-refractivity contribution in [2.24, 2.45) is 5.92 Å². The summed E-state index contributed by atoms with van der Waals surface area (Å²) in [6.45, 7) is 2.69. The minimum absolute atomic E-state index is 0.127. The molecule has 2 nitrogen and oxygen atoms in total. The average Bonchev–Trinajstić information content (AvgIpc) is 2.06. The maximum Gasteiger partial charge on any atom is 0.293 e. The predicted octanol–water partition coefficient (Wildman–Crippen LogP) is 1.90. The van der Waals surface area contributed by atoms with Gasteiger partial charge in [0, 0.05) is 6.42 Å². The van der Waals surface area contributed by atoms with E-state index in [1.165, 1.54) is 0 Å². The Kier molecular flexibility index (Phi) is 3.14. The van der Waals surface area contributed by atoms with E-state index in [-0.39, 0.29) is 6.10 Å². The Morgan fingerprint density at radius 1 is 1.55 bits per heavy atom. The van der Waals surface area contributed by atoms with E-state index in [9.17, 15) is 4.79 Å². The summed E-state index contributed by atoms with van der Waals surface area (Å²) in [7, 11) is 0. The zero-order chi connectivity index (χ0) is 8.10. The first kappa shape index (κ1) is 8.31. The van der Waals surface area contributed by atoms with Gasteiger partial charge in [0.15, 0.2) is 0 Å². The fraction of sp³-hybridized carbons (Fsp3) is 0.667. The fourth-order valence-corrected chi connectivity index (χ4v) is 1.51. The first-order valence-electron chi connectivity index (χ1n) is 4.12. The van der Waals surface area contributed by atoms with Crippen LogP contribution >= 0.6 is 0 Å². The predicted molar refractivity (Wildman–Crippen MR) is 43.1 cm³/mol. The molecule has 0 fully saturated rings. The smallest absolute Gasteiger partial charge is 0.293 e. The lowest BCUT2D eigenvalue weighted by molar-refractivity contribution is -0.136. The van der Waals surface area contributed by atoms with E-state index in [4.69, 9.17) is 4.74 Å². The summed E-state index contributed by atoms with van der Waals surface area (Å²) in [6, 6.07) is 0. The summed E-state index contributed by atoms with van der Waals surface area (Å²) in [5.41, 5.74) is 0. The number of hydrogen-bond donors (Lipinski definition) is 0. The number of hydrogen-bond acceptors (Lipinski definition) is 2. The molecule has 1 rings (SSSR count). The monoisotopic (exact) mass is 154 g/mol. The lowest BCUT2D eigenvalue weighted by Gasteiger charge is -2.25. The van der Waals surface area contributed by atoms with Crippen molar-refractivity contribution in [2.45, 2.75) is 32.3 Å². The maximum atomic E-state index is 10.1. The van der Waals surface area contributed by atoms with E-state index < -0.39 is 0 Å². The fourth-order valence-electron chi connectivity index (χ4n) is 1.51. The highest BCUT2D eigenvalue weighted by Gasteiger charge is 2.21. The molecule has 0 radical (unpaired) electrons. The van der Waals surface area contributed by atoms with Crippen LogP contribution in [0.5, 0.6) is 0 Å². The SMILES string of the molecule is CCC1CC=CCC1OC=O. The highest BCUT2D eigenvalue weighted by Crippen LogP contribution is 2.23.